The van der Waals surface area contributed by atoms with Crippen LogP contribution in [0.5, 0.6) is 0 Å². The summed E-state index contributed by atoms with van der Waals surface area (Å²) in [4.78, 5) is 10.6. The average molecular weight is 237 g/mol. The first kappa shape index (κ1) is 12.1. The van der Waals surface area contributed by atoms with Gasteiger partial charge in [-0.15, -0.1) is 0 Å². The summed E-state index contributed by atoms with van der Waals surface area (Å²) in [6.45, 7) is 2.79. The van der Waals surface area contributed by atoms with Crippen molar-refractivity contribution in [2.24, 2.45) is 5.84 Å². The molecule has 1 aromatic rings. The molecule has 0 unspecified atom stereocenters. The summed E-state index contributed by atoms with van der Waals surface area (Å²) in [6, 6.07) is 0.507. The number of aromatic nitrogens is 2. The Morgan fingerprint density at radius 2 is 2.29 bits per heavy atom. The van der Waals surface area contributed by atoms with Crippen molar-refractivity contribution in [1.29, 1.82) is 0 Å². The molecule has 0 saturated heterocycles. The molecule has 1 heterocycles. The van der Waals surface area contributed by atoms with E-state index < -0.39 is 0 Å². The van der Waals surface area contributed by atoms with Crippen molar-refractivity contribution in [3.63, 3.8) is 0 Å². The monoisotopic (exact) mass is 237 g/mol. The van der Waals surface area contributed by atoms with E-state index in [0.29, 0.717) is 18.4 Å². The Morgan fingerprint density at radius 3 is 2.82 bits per heavy atom. The number of nitrogens with one attached hydrogen (secondary N) is 1. The predicted octanol–water partition coefficient (Wildman–Crippen LogP) is 0.286. The van der Waals surface area contributed by atoms with Crippen LogP contribution in [-0.4, -0.2) is 34.3 Å². The van der Waals surface area contributed by atoms with Crippen molar-refractivity contribution in [2.75, 3.05) is 23.5 Å². The maximum absolute atomic E-state index is 9.14. The molecular formula is C11H19N5O. The zero-order valence-electron chi connectivity index (χ0n) is 10.1. The summed E-state index contributed by atoms with van der Waals surface area (Å²) in [5.41, 5.74) is 3.61. The van der Waals surface area contributed by atoms with Crippen LogP contribution in [0.2, 0.25) is 0 Å². The van der Waals surface area contributed by atoms with Gasteiger partial charge in [0.2, 0.25) is 0 Å². The first-order valence-electron chi connectivity index (χ1n) is 5.99. The summed E-state index contributed by atoms with van der Waals surface area (Å²) in [5.74, 6) is 7.02. The van der Waals surface area contributed by atoms with Gasteiger partial charge in [0, 0.05) is 18.2 Å². The normalized spacial score (nSPS) is 14.8. The Balaban J connectivity index is 2.34. The Hall–Kier alpha value is -1.40. The Labute approximate surface area is 101 Å². The highest BCUT2D eigenvalue weighted by molar-refractivity contribution is 5.59. The minimum atomic E-state index is 0.134. The molecule has 0 aromatic carbocycles. The fourth-order valence-corrected chi connectivity index (χ4v) is 2.06. The van der Waals surface area contributed by atoms with E-state index in [1.807, 2.05) is 6.92 Å². The summed E-state index contributed by atoms with van der Waals surface area (Å²) < 4.78 is 0. The topological polar surface area (TPSA) is 87.3 Å². The number of hydrogen-bond donors (Lipinski definition) is 3. The minimum Gasteiger partial charge on any atom is -0.395 e. The number of nitrogens with two attached hydrogens (primary N) is 1. The number of aliphatic hydroxyl groups is 1. The molecule has 1 aliphatic carbocycles. The van der Waals surface area contributed by atoms with Gasteiger partial charge in [0.15, 0.2) is 0 Å². The van der Waals surface area contributed by atoms with Crippen molar-refractivity contribution in [1.82, 2.24) is 9.97 Å². The second kappa shape index (κ2) is 5.29. The average Bonchev–Trinajstić information content (AvgIpc) is 3.19. The molecule has 1 saturated carbocycles. The first-order valence-corrected chi connectivity index (χ1v) is 5.99. The summed E-state index contributed by atoms with van der Waals surface area (Å²) in [7, 11) is 0. The van der Waals surface area contributed by atoms with Crippen LogP contribution in [0.1, 0.15) is 25.3 Å². The van der Waals surface area contributed by atoms with Gasteiger partial charge in [-0.1, -0.05) is 6.92 Å². The van der Waals surface area contributed by atoms with Crippen LogP contribution in [-0.2, 0) is 6.42 Å². The SMILES string of the molecule is CCc1c(NN)ncnc1N(CCO)C1CC1. The van der Waals surface area contributed by atoms with E-state index in [4.69, 9.17) is 10.9 Å². The Kier molecular flexibility index (Phi) is 3.75. The van der Waals surface area contributed by atoms with E-state index in [-0.39, 0.29) is 6.61 Å². The molecule has 1 fully saturated rings. The molecule has 0 radical (unpaired) electrons. The van der Waals surface area contributed by atoms with Gasteiger partial charge in [-0.25, -0.2) is 15.8 Å². The van der Waals surface area contributed by atoms with Crippen LogP contribution in [0.15, 0.2) is 6.33 Å². The third kappa shape index (κ3) is 2.48. The van der Waals surface area contributed by atoms with Gasteiger partial charge < -0.3 is 15.4 Å². The number of anilines is 2. The van der Waals surface area contributed by atoms with Gasteiger partial charge in [-0.05, 0) is 19.3 Å². The molecule has 94 valence electrons. The van der Waals surface area contributed by atoms with Gasteiger partial charge >= 0.3 is 0 Å². The van der Waals surface area contributed by atoms with Crippen molar-refractivity contribution >= 4 is 11.6 Å². The van der Waals surface area contributed by atoms with Gasteiger partial charge in [-0.2, -0.15) is 0 Å². The molecular weight excluding hydrogens is 218 g/mol. The Morgan fingerprint density at radius 1 is 1.53 bits per heavy atom. The molecule has 17 heavy (non-hydrogen) atoms. The molecule has 0 spiro atoms. The number of aliphatic hydroxyl groups excluding tert-OH is 1. The maximum atomic E-state index is 9.14. The molecule has 0 aliphatic heterocycles. The fourth-order valence-electron chi connectivity index (χ4n) is 2.06. The van der Waals surface area contributed by atoms with E-state index in [1.54, 1.807) is 0 Å². The van der Waals surface area contributed by atoms with Crippen molar-refractivity contribution in [3.05, 3.63) is 11.9 Å². The van der Waals surface area contributed by atoms with Gasteiger partial charge in [0.25, 0.3) is 0 Å². The van der Waals surface area contributed by atoms with E-state index >= 15 is 0 Å². The fraction of sp³-hybridized carbons (Fsp3) is 0.636. The maximum Gasteiger partial charge on any atom is 0.148 e. The van der Waals surface area contributed by atoms with Crippen LogP contribution in [0, 0.1) is 0 Å². The second-order valence-electron chi connectivity index (χ2n) is 4.17. The molecule has 1 aromatic heterocycles. The molecule has 6 heteroatoms. The Bertz CT molecular complexity index is 380. The molecule has 4 N–H and O–H groups in total. The summed E-state index contributed by atoms with van der Waals surface area (Å²) >= 11 is 0. The minimum absolute atomic E-state index is 0.134. The smallest absolute Gasteiger partial charge is 0.148 e. The standard InChI is InChI=1S/C11H19N5O/c1-2-9-10(15-12)13-7-14-11(9)16(5-6-17)8-3-4-8/h7-8,17H,2-6,12H2,1H3,(H,13,14,15). The van der Waals surface area contributed by atoms with Crippen molar-refractivity contribution in [2.45, 2.75) is 32.2 Å². The van der Waals surface area contributed by atoms with Crippen LogP contribution < -0.4 is 16.2 Å². The highest BCUT2D eigenvalue weighted by atomic mass is 16.3. The summed E-state index contributed by atoms with van der Waals surface area (Å²) in [6.07, 6.45) is 4.65. The van der Waals surface area contributed by atoms with E-state index in [0.717, 1.165) is 17.8 Å². The number of nitrogens with zero attached hydrogens (tertiary/aromatic N) is 3. The number of nitrogen functional groups attached to an aromatic ring is 1. The largest absolute Gasteiger partial charge is 0.395 e. The zero-order chi connectivity index (χ0) is 12.3. The number of hydrazine groups is 1. The van der Waals surface area contributed by atoms with Gasteiger partial charge in [-0.3, -0.25) is 0 Å². The lowest BCUT2D eigenvalue weighted by atomic mass is 10.2. The van der Waals surface area contributed by atoms with Crippen molar-refractivity contribution < 1.29 is 5.11 Å². The van der Waals surface area contributed by atoms with Gasteiger partial charge in [0.05, 0.1) is 6.61 Å². The van der Waals surface area contributed by atoms with Crippen LogP contribution in [0.4, 0.5) is 11.6 Å². The molecule has 0 bridgehead atoms. The third-order valence-corrected chi connectivity index (χ3v) is 3.01. The molecule has 1 aliphatic rings. The predicted molar refractivity (Wildman–Crippen MR) is 66.7 cm³/mol. The zero-order valence-corrected chi connectivity index (χ0v) is 10.1. The van der Waals surface area contributed by atoms with Crippen LogP contribution in [0.25, 0.3) is 0 Å². The highest BCUT2D eigenvalue weighted by Crippen LogP contribution is 2.33. The van der Waals surface area contributed by atoms with E-state index in [1.165, 1.54) is 19.2 Å². The lowest BCUT2D eigenvalue weighted by Gasteiger charge is -2.25. The highest BCUT2D eigenvalue weighted by Gasteiger charge is 2.31. The third-order valence-electron chi connectivity index (χ3n) is 3.01. The lowest BCUT2D eigenvalue weighted by molar-refractivity contribution is 0.301. The van der Waals surface area contributed by atoms with Crippen LogP contribution >= 0.6 is 0 Å². The number of rotatable bonds is 6. The summed E-state index contributed by atoms with van der Waals surface area (Å²) in [5, 5.41) is 9.14. The first-order chi connectivity index (χ1) is 8.31. The van der Waals surface area contributed by atoms with Crippen molar-refractivity contribution in [3.8, 4) is 0 Å². The quantitative estimate of drug-likeness (QED) is 0.487. The molecule has 6 nitrogen and oxygen atoms in total. The molecule has 2 rings (SSSR count). The molecule has 0 atom stereocenters. The van der Waals surface area contributed by atoms with E-state index in [2.05, 4.69) is 20.3 Å². The van der Waals surface area contributed by atoms with E-state index in [9.17, 15) is 0 Å². The van der Waals surface area contributed by atoms with Crippen LogP contribution in [0.3, 0.4) is 0 Å². The van der Waals surface area contributed by atoms with Gasteiger partial charge in [0.1, 0.15) is 18.0 Å². The second-order valence-corrected chi connectivity index (χ2v) is 4.17. The molecule has 0 amide bonds. The number of hydrogen-bond acceptors (Lipinski definition) is 6. The lowest BCUT2D eigenvalue weighted by Crippen LogP contribution is -2.31.